The molecule has 11 heteroatoms. The molecule has 0 radical (unpaired) electrons. The number of hydrogen-bond acceptors (Lipinski definition) is 5. The minimum Gasteiger partial charge on any atom is -0.370 e. The first-order valence-electron chi connectivity index (χ1n) is 10.4. The summed E-state index contributed by atoms with van der Waals surface area (Å²) in [5, 5.41) is 11.7. The topological polar surface area (TPSA) is 71.0 Å². The molecule has 1 fully saturated rings. The summed E-state index contributed by atoms with van der Waals surface area (Å²) in [4.78, 5) is 18.8. The number of aromatic nitrogens is 3. The zero-order valence-electron chi connectivity index (χ0n) is 18.0. The van der Waals surface area contributed by atoms with E-state index in [1.54, 1.807) is 30.0 Å². The Morgan fingerprint density at radius 2 is 1.94 bits per heavy atom. The van der Waals surface area contributed by atoms with Crippen LogP contribution in [-0.4, -0.2) is 45.6 Å². The first-order valence-corrected chi connectivity index (χ1v) is 11.2. The summed E-state index contributed by atoms with van der Waals surface area (Å²) in [5.41, 5.74) is 1.11. The summed E-state index contributed by atoms with van der Waals surface area (Å²) in [6.45, 7) is 2.98. The average molecular weight is 510 g/mol. The van der Waals surface area contributed by atoms with Crippen molar-refractivity contribution in [2.45, 2.75) is 19.0 Å². The number of alkyl halides is 3. The number of likely N-dealkylation sites (tertiary alicyclic amines) is 1. The van der Waals surface area contributed by atoms with E-state index in [1.165, 1.54) is 12.3 Å². The average Bonchev–Trinajstić information content (AvgIpc) is 3.23. The van der Waals surface area contributed by atoms with E-state index in [4.69, 9.17) is 23.2 Å². The van der Waals surface area contributed by atoms with E-state index >= 15 is 0 Å². The molecule has 1 amide bonds. The van der Waals surface area contributed by atoms with Gasteiger partial charge in [0.05, 0.1) is 33.1 Å². The Bertz CT molecular complexity index is 1190. The third-order valence-electron chi connectivity index (χ3n) is 5.87. The Labute approximate surface area is 204 Å². The lowest BCUT2D eigenvalue weighted by atomic mass is 9.89. The summed E-state index contributed by atoms with van der Waals surface area (Å²) in [5.74, 6) is 0.0311. The molecule has 4 rings (SSSR count). The van der Waals surface area contributed by atoms with Crippen LogP contribution in [0.2, 0.25) is 10.0 Å². The number of nitrogens with zero attached hydrogens (tertiary/aromatic N) is 4. The van der Waals surface area contributed by atoms with Crippen molar-refractivity contribution < 1.29 is 18.0 Å². The summed E-state index contributed by atoms with van der Waals surface area (Å²) in [7, 11) is 0. The van der Waals surface area contributed by atoms with Crippen LogP contribution in [0.5, 0.6) is 0 Å². The highest BCUT2D eigenvalue weighted by Crippen LogP contribution is 2.36. The third kappa shape index (κ3) is 5.26. The van der Waals surface area contributed by atoms with Crippen LogP contribution in [-0.2, 0) is 6.18 Å². The third-order valence-corrected chi connectivity index (χ3v) is 6.61. The van der Waals surface area contributed by atoms with Gasteiger partial charge in [0.1, 0.15) is 5.82 Å². The Morgan fingerprint density at radius 1 is 1.15 bits per heavy atom. The number of carbonyl (C=O) groups excluding carboxylic acids is 1. The molecule has 0 bridgehead atoms. The summed E-state index contributed by atoms with van der Waals surface area (Å²) < 4.78 is 38.4. The number of nitrogens with one attached hydrogen (secondary N) is 1. The molecule has 1 aromatic carbocycles. The lowest BCUT2D eigenvalue weighted by molar-refractivity contribution is -0.137. The number of pyridine rings is 1. The van der Waals surface area contributed by atoms with Crippen LogP contribution >= 0.6 is 23.2 Å². The second-order valence-electron chi connectivity index (χ2n) is 8.09. The van der Waals surface area contributed by atoms with Crippen molar-refractivity contribution in [3.63, 3.8) is 0 Å². The van der Waals surface area contributed by atoms with Crippen molar-refractivity contribution in [3.8, 4) is 0 Å². The van der Waals surface area contributed by atoms with Crippen molar-refractivity contribution >= 4 is 34.9 Å². The second-order valence-corrected chi connectivity index (χ2v) is 8.91. The lowest BCUT2D eigenvalue weighted by Gasteiger charge is -2.20. The summed E-state index contributed by atoms with van der Waals surface area (Å²) >= 11 is 12.3. The van der Waals surface area contributed by atoms with Gasteiger partial charge in [-0.3, -0.25) is 4.79 Å². The highest BCUT2D eigenvalue weighted by molar-refractivity contribution is 6.42. The van der Waals surface area contributed by atoms with E-state index in [0.29, 0.717) is 46.8 Å². The van der Waals surface area contributed by atoms with Gasteiger partial charge in [-0.05, 0) is 42.8 Å². The van der Waals surface area contributed by atoms with Gasteiger partial charge in [-0.1, -0.05) is 29.3 Å². The minimum atomic E-state index is -4.45. The number of aryl methyl sites for hydroxylation is 1. The normalized spacial score (nSPS) is 18.2. The highest BCUT2D eigenvalue weighted by atomic mass is 35.5. The quantitative estimate of drug-likeness (QED) is 0.493. The molecule has 2 aromatic heterocycles. The number of halogens is 5. The van der Waals surface area contributed by atoms with Gasteiger partial charge in [-0.2, -0.15) is 23.4 Å². The van der Waals surface area contributed by atoms with Gasteiger partial charge in [-0.25, -0.2) is 4.98 Å². The van der Waals surface area contributed by atoms with Crippen LogP contribution in [0.4, 0.5) is 19.0 Å². The Balaban J connectivity index is 1.55. The SMILES string of the molecule is Cc1nnccc1C(=O)N1C[C@H](CNc2ccc(C(F)(F)F)cn2)[C@@H](c2ccc(Cl)c(Cl)c2)C1. The largest absolute Gasteiger partial charge is 0.417 e. The fourth-order valence-corrected chi connectivity index (χ4v) is 4.37. The van der Waals surface area contributed by atoms with Crippen molar-refractivity contribution in [1.29, 1.82) is 0 Å². The molecule has 1 aliphatic heterocycles. The molecule has 1 aliphatic rings. The number of benzene rings is 1. The maximum atomic E-state index is 13.2. The number of anilines is 1. The molecule has 34 heavy (non-hydrogen) atoms. The van der Waals surface area contributed by atoms with Gasteiger partial charge in [-0.15, -0.1) is 0 Å². The first-order chi connectivity index (χ1) is 16.1. The highest BCUT2D eigenvalue weighted by Gasteiger charge is 2.37. The van der Waals surface area contributed by atoms with Gasteiger partial charge in [0.15, 0.2) is 0 Å². The molecule has 6 nitrogen and oxygen atoms in total. The second kappa shape index (κ2) is 9.76. The molecule has 0 unspecified atom stereocenters. The van der Waals surface area contributed by atoms with Crippen LogP contribution in [0.1, 0.15) is 33.1 Å². The van der Waals surface area contributed by atoms with Gasteiger partial charge in [0.25, 0.3) is 5.91 Å². The molecule has 0 spiro atoms. The van der Waals surface area contributed by atoms with Crippen molar-refractivity contribution in [1.82, 2.24) is 20.1 Å². The molecule has 0 aliphatic carbocycles. The van der Waals surface area contributed by atoms with Gasteiger partial charge < -0.3 is 10.2 Å². The number of rotatable bonds is 5. The van der Waals surface area contributed by atoms with Crippen LogP contribution in [0, 0.1) is 12.8 Å². The lowest BCUT2D eigenvalue weighted by Crippen LogP contribution is -2.30. The molecule has 3 heterocycles. The van der Waals surface area contributed by atoms with E-state index in [2.05, 4.69) is 20.5 Å². The van der Waals surface area contributed by atoms with Crippen LogP contribution in [0.25, 0.3) is 0 Å². The zero-order valence-corrected chi connectivity index (χ0v) is 19.5. The van der Waals surface area contributed by atoms with Crippen molar-refractivity contribution in [2.75, 3.05) is 25.0 Å². The molecule has 2 atom stereocenters. The molecule has 178 valence electrons. The molecular formula is C23H20Cl2F3N5O. The fraction of sp³-hybridized carbons (Fsp3) is 0.304. The molecular weight excluding hydrogens is 490 g/mol. The summed E-state index contributed by atoms with van der Waals surface area (Å²) in [6, 6.07) is 9.27. The van der Waals surface area contributed by atoms with Gasteiger partial charge in [0, 0.05) is 37.7 Å². The standard InChI is InChI=1S/C23H20Cl2F3N5O/c1-13-17(6-7-31-32-13)22(34)33-11-15(18(12-33)14-2-4-19(24)20(25)8-14)9-29-21-5-3-16(10-30-21)23(26,27)28/h2-8,10,15,18H,9,11-12H2,1H3,(H,29,30)/t15-,18+/m0/s1. The van der Waals surface area contributed by atoms with E-state index in [9.17, 15) is 18.0 Å². The first kappa shape index (κ1) is 24.2. The monoisotopic (exact) mass is 509 g/mol. The fourth-order valence-electron chi connectivity index (χ4n) is 4.07. The maximum Gasteiger partial charge on any atom is 0.417 e. The van der Waals surface area contributed by atoms with Crippen LogP contribution < -0.4 is 5.32 Å². The molecule has 1 saturated heterocycles. The van der Waals surface area contributed by atoms with Gasteiger partial charge >= 0.3 is 6.18 Å². The molecule has 1 N–H and O–H groups in total. The van der Waals surface area contributed by atoms with E-state index in [0.717, 1.165) is 17.8 Å². The smallest absolute Gasteiger partial charge is 0.370 e. The summed E-state index contributed by atoms with van der Waals surface area (Å²) in [6.07, 6.45) is -2.18. The molecule has 3 aromatic rings. The predicted octanol–water partition coefficient (Wildman–Crippen LogP) is 5.47. The van der Waals surface area contributed by atoms with Crippen molar-refractivity contribution in [3.05, 3.63) is 81.2 Å². The van der Waals surface area contributed by atoms with Gasteiger partial charge in [0.2, 0.25) is 0 Å². The predicted molar refractivity (Wildman–Crippen MR) is 123 cm³/mol. The van der Waals surface area contributed by atoms with Crippen LogP contribution in [0.3, 0.4) is 0 Å². The Hall–Kier alpha value is -2.91. The number of amides is 1. The number of hydrogen-bond donors (Lipinski definition) is 1. The van der Waals surface area contributed by atoms with Crippen LogP contribution in [0.15, 0.2) is 48.8 Å². The molecule has 0 saturated carbocycles. The minimum absolute atomic E-state index is 0.0552. The Kier molecular flexibility index (Phi) is 6.95. The van der Waals surface area contributed by atoms with E-state index in [-0.39, 0.29) is 17.7 Å². The van der Waals surface area contributed by atoms with Crippen molar-refractivity contribution in [2.24, 2.45) is 5.92 Å². The van der Waals surface area contributed by atoms with E-state index < -0.39 is 11.7 Å². The number of carbonyl (C=O) groups is 1. The van der Waals surface area contributed by atoms with E-state index in [1.807, 2.05) is 6.07 Å². The zero-order chi connectivity index (χ0) is 24.5. The Morgan fingerprint density at radius 3 is 2.59 bits per heavy atom. The maximum absolute atomic E-state index is 13.2.